The number of anilines is 1. The predicted molar refractivity (Wildman–Crippen MR) is 103 cm³/mol. The van der Waals surface area contributed by atoms with Crippen molar-refractivity contribution in [3.63, 3.8) is 0 Å². The molecule has 3 aromatic rings. The van der Waals surface area contributed by atoms with E-state index in [0.717, 1.165) is 12.1 Å². The molecular weight excluding hydrogens is 354 g/mol. The molecule has 0 saturated carbocycles. The molecule has 1 aliphatic heterocycles. The number of hydrogen-bond acceptors (Lipinski definition) is 5. The third-order valence-electron chi connectivity index (χ3n) is 4.43. The fourth-order valence-electron chi connectivity index (χ4n) is 3.07. The van der Waals surface area contributed by atoms with Gasteiger partial charge in [-0.25, -0.2) is 4.98 Å². The summed E-state index contributed by atoms with van der Waals surface area (Å²) in [5.41, 5.74) is 2.84. The number of carbonyl (C=O) groups is 1. The minimum Gasteiger partial charge on any atom is -0.311 e. The van der Waals surface area contributed by atoms with Crippen molar-refractivity contribution in [3.05, 3.63) is 51.6 Å². The van der Waals surface area contributed by atoms with Gasteiger partial charge in [0.25, 0.3) is 5.56 Å². The Bertz CT molecular complexity index is 1020. The number of para-hydroxylation sites is 1. The van der Waals surface area contributed by atoms with Crippen molar-refractivity contribution in [2.75, 3.05) is 11.4 Å². The highest BCUT2D eigenvalue weighted by molar-refractivity contribution is 8.00. The zero-order chi connectivity index (χ0) is 17.6. The summed E-state index contributed by atoms with van der Waals surface area (Å²) in [6, 6.07) is 9.85. The summed E-state index contributed by atoms with van der Waals surface area (Å²) in [4.78, 5) is 31.7. The third kappa shape index (κ3) is 2.77. The maximum absolute atomic E-state index is 12.9. The van der Waals surface area contributed by atoms with Crippen LogP contribution in [-0.2, 0) is 18.3 Å². The zero-order valence-corrected chi connectivity index (χ0v) is 15.6. The first-order valence-electron chi connectivity index (χ1n) is 8.06. The highest BCUT2D eigenvalue weighted by Crippen LogP contribution is 2.31. The summed E-state index contributed by atoms with van der Waals surface area (Å²) in [7, 11) is 1.71. The Morgan fingerprint density at radius 3 is 2.96 bits per heavy atom. The van der Waals surface area contributed by atoms with Gasteiger partial charge in [-0.2, -0.15) is 0 Å². The van der Waals surface area contributed by atoms with Crippen molar-refractivity contribution in [1.29, 1.82) is 0 Å². The molecule has 1 amide bonds. The summed E-state index contributed by atoms with van der Waals surface area (Å²) in [5.74, 6) is 0.0506. The molecule has 128 valence electrons. The first kappa shape index (κ1) is 16.4. The van der Waals surface area contributed by atoms with Gasteiger partial charge in [0.05, 0.1) is 10.8 Å². The van der Waals surface area contributed by atoms with Crippen LogP contribution in [0.4, 0.5) is 5.69 Å². The second-order valence-electron chi connectivity index (χ2n) is 6.02. The molecule has 0 bridgehead atoms. The van der Waals surface area contributed by atoms with Crippen molar-refractivity contribution in [2.45, 2.75) is 23.8 Å². The van der Waals surface area contributed by atoms with Crippen LogP contribution in [0.2, 0.25) is 0 Å². The van der Waals surface area contributed by atoms with Crippen LogP contribution in [0.25, 0.3) is 10.2 Å². The second kappa shape index (κ2) is 6.31. The molecule has 7 heteroatoms. The molecule has 1 atom stereocenters. The Kier molecular flexibility index (Phi) is 4.13. The van der Waals surface area contributed by atoms with E-state index in [-0.39, 0.29) is 16.7 Å². The third-order valence-corrected chi connectivity index (χ3v) is 6.45. The number of hydrogen-bond donors (Lipinski definition) is 0. The molecule has 1 aromatic carbocycles. The van der Waals surface area contributed by atoms with Crippen LogP contribution in [0.3, 0.4) is 0 Å². The van der Waals surface area contributed by atoms with Gasteiger partial charge in [-0.05, 0) is 36.4 Å². The molecule has 5 nitrogen and oxygen atoms in total. The molecule has 0 fully saturated rings. The summed E-state index contributed by atoms with van der Waals surface area (Å²) in [5, 5.41) is 2.12. The second-order valence-corrected chi connectivity index (χ2v) is 8.25. The van der Waals surface area contributed by atoms with E-state index < -0.39 is 0 Å². The summed E-state index contributed by atoms with van der Waals surface area (Å²) in [6.07, 6.45) is 0.886. The molecule has 4 rings (SSSR count). The van der Waals surface area contributed by atoms with E-state index in [0.29, 0.717) is 21.9 Å². The predicted octanol–water partition coefficient (Wildman–Crippen LogP) is 3.06. The number of fused-ring (bicyclic) bond motifs is 2. The molecule has 0 aliphatic carbocycles. The van der Waals surface area contributed by atoms with Gasteiger partial charge in [-0.15, -0.1) is 11.3 Å². The summed E-state index contributed by atoms with van der Waals surface area (Å²) in [6.45, 7) is 2.58. The molecule has 25 heavy (non-hydrogen) atoms. The minimum atomic E-state index is -0.319. The van der Waals surface area contributed by atoms with Crippen molar-refractivity contribution in [2.24, 2.45) is 7.05 Å². The lowest BCUT2D eigenvalue weighted by atomic mass is 10.2. The number of thioether (sulfide) groups is 1. The van der Waals surface area contributed by atoms with Gasteiger partial charge in [0.2, 0.25) is 5.91 Å². The van der Waals surface area contributed by atoms with Crippen LogP contribution >= 0.6 is 23.1 Å². The smallest absolute Gasteiger partial charge is 0.271 e. The normalized spacial score (nSPS) is 14.7. The number of aromatic nitrogens is 2. The topological polar surface area (TPSA) is 55.2 Å². The average Bonchev–Trinajstić information content (AvgIpc) is 3.25. The molecule has 0 unspecified atom stereocenters. The Hall–Kier alpha value is -2.12. The van der Waals surface area contributed by atoms with E-state index in [2.05, 4.69) is 11.1 Å². The fourth-order valence-corrected chi connectivity index (χ4v) is 4.81. The highest BCUT2D eigenvalue weighted by Gasteiger charge is 2.29. The monoisotopic (exact) mass is 371 g/mol. The van der Waals surface area contributed by atoms with Crippen LogP contribution < -0.4 is 10.5 Å². The van der Waals surface area contributed by atoms with Crippen LogP contribution in [0.15, 0.2) is 45.7 Å². The van der Waals surface area contributed by atoms with Crippen molar-refractivity contribution in [3.8, 4) is 0 Å². The molecule has 3 heterocycles. The fraction of sp³-hybridized carbons (Fsp3) is 0.278. The Balaban J connectivity index is 1.60. The number of nitrogens with zero attached hydrogens (tertiary/aromatic N) is 3. The standard InChI is InChI=1S/C18H17N3O2S2/c1-11(16(22)21-9-7-12-5-3-4-6-14(12)21)25-18-19-13-8-10-24-15(13)17(23)20(18)2/h3-6,8,10-11H,7,9H2,1-2H3/t11-/m0/s1. The van der Waals surface area contributed by atoms with E-state index in [1.165, 1.54) is 33.2 Å². The lowest BCUT2D eigenvalue weighted by Crippen LogP contribution is -2.35. The van der Waals surface area contributed by atoms with E-state index in [4.69, 9.17) is 0 Å². The van der Waals surface area contributed by atoms with Gasteiger partial charge in [0.1, 0.15) is 4.70 Å². The molecule has 0 radical (unpaired) electrons. The molecular formula is C18H17N3O2S2. The summed E-state index contributed by atoms with van der Waals surface area (Å²) >= 11 is 2.73. The first-order valence-corrected chi connectivity index (χ1v) is 9.82. The maximum Gasteiger partial charge on any atom is 0.271 e. The lowest BCUT2D eigenvalue weighted by Gasteiger charge is -2.21. The molecule has 0 N–H and O–H groups in total. The van der Waals surface area contributed by atoms with Crippen molar-refractivity contribution in [1.82, 2.24) is 9.55 Å². The van der Waals surface area contributed by atoms with E-state index in [1.54, 1.807) is 7.05 Å². The largest absolute Gasteiger partial charge is 0.311 e. The number of amides is 1. The van der Waals surface area contributed by atoms with E-state index >= 15 is 0 Å². The van der Waals surface area contributed by atoms with Gasteiger partial charge in [0, 0.05) is 19.3 Å². The molecule has 1 aliphatic rings. The van der Waals surface area contributed by atoms with Gasteiger partial charge in [0.15, 0.2) is 5.16 Å². The summed E-state index contributed by atoms with van der Waals surface area (Å²) < 4.78 is 2.19. The molecule has 0 spiro atoms. The average molecular weight is 371 g/mol. The number of rotatable bonds is 3. The number of benzene rings is 1. The minimum absolute atomic E-state index is 0.0506. The molecule has 2 aromatic heterocycles. The van der Waals surface area contributed by atoms with Crippen LogP contribution in [0.5, 0.6) is 0 Å². The zero-order valence-electron chi connectivity index (χ0n) is 13.9. The van der Waals surface area contributed by atoms with E-state index in [9.17, 15) is 9.59 Å². The van der Waals surface area contributed by atoms with E-state index in [1.807, 2.05) is 41.5 Å². The quantitative estimate of drug-likeness (QED) is 0.524. The number of thiophene rings is 1. The Morgan fingerprint density at radius 2 is 2.12 bits per heavy atom. The van der Waals surface area contributed by atoms with Crippen LogP contribution in [-0.4, -0.2) is 27.3 Å². The Labute approximate surface area is 153 Å². The highest BCUT2D eigenvalue weighted by atomic mass is 32.2. The van der Waals surface area contributed by atoms with Crippen molar-refractivity contribution < 1.29 is 4.79 Å². The van der Waals surface area contributed by atoms with Gasteiger partial charge in [-0.1, -0.05) is 30.0 Å². The van der Waals surface area contributed by atoms with Gasteiger partial charge in [-0.3, -0.25) is 14.2 Å². The van der Waals surface area contributed by atoms with Crippen molar-refractivity contribution >= 4 is 44.9 Å². The lowest BCUT2D eigenvalue weighted by molar-refractivity contribution is -0.117. The van der Waals surface area contributed by atoms with Gasteiger partial charge >= 0.3 is 0 Å². The number of carbonyl (C=O) groups excluding carboxylic acids is 1. The maximum atomic E-state index is 12.9. The van der Waals surface area contributed by atoms with Gasteiger partial charge < -0.3 is 4.90 Å². The Morgan fingerprint density at radius 1 is 1.32 bits per heavy atom. The van der Waals surface area contributed by atoms with Crippen LogP contribution in [0, 0.1) is 0 Å². The molecule has 0 saturated heterocycles. The first-order chi connectivity index (χ1) is 12.1. The van der Waals surface area contributed by atoms with Crippen LogP contribution in [0.1, 0.15) is 12.5 Å². The SMILES string of the molecule is C[C@H](Sc1nc2ccsc2c(=O)n1C)C(=O)N1CCc2ccccc21.